The number of fused-ring (bicyclic) bond motifs is 3. The zero-order chi connectivity index (χ0) is 20.8. The highest BCUT2D eigenvalue weighted by atomic mass is 35.5. The molecule has 0 saturated carbocycles. The smallest absolute Gasteiger partial charge is 0.167 e. The first-order valence-electron chi connectivity index (χ1n) is 9.71. The van der Waals surface area contributed by atoms with Gasteiger partial charge in [0.05, 0.1) is 20.9 Å². The topological polar surface area (TPSA) is 79.7 Å². The van der Waals surface area contributed by atoms with Crippen LogP contribution in [0.25, 0.3) is 20.4 Å². The van der Waals surface area contributed by atoms with Gasteiger partial charge >= 0.3 is 0 Å². The molecule has 0 atom stereocenters. The highest BCUT2D eigenvalue weighted by Gasteiger charge is 2.24. The molecule has 154 valence electrons. The number of anilines is 2. The lowest BCUT2D eigenvalue weighted by Gasteiger charge is -2.33. The Labute approximate surface area is 181 Å². The van der Waals surface area contributed by atoms with Gasteiger partial charge in [-0.05, 0) is 38.3 Å². The Hall–Kier alpha value is -2.65. The molecule has 1 aliphatic rings. The Morgan fingerprint density at radius 2 is 1.97 bits per heavy atom. The predicted molar refractivity (Wildman–Crippen MR) is 118 cm³/mol. The van der Waals surface area contributed by atoms with Gasteiger partial charge in [0.1, 0.15) is 17.0 Å². The second kappa shape index (κ2) is 7.55. The number of piperidine rings is 1. The first kappa shape index (κ1) is 19.3. The molecule has 30 heavy (non-hydrogen) atoms. The molecular formula is C20H19ClFN7S. The molecule has 5 heterocycles. The van der Waals surface area contributed by atoms with Gasteiger partial charge in [-0.1, -0.05) is 11.6 Å². The van der Waals surface area contributed by atoms with Crippen molar-refractivity contribution in [3.05, 3.63) is 40.7 Å². The summed E-state index contributed by atoms with van der Waals surface area (Å²) in [5, 5.41) is 13.5. The number of pyridine rings is 1. The summed E-state index contributed by atoms with van der Waals surface area (Å²) < 4.78 is 15.2. The van der Waals surface area contributed by atoms with Gasteiger partial charge in [0, 0.05) is 30.7 Å². The number of hydrogen-bond acceptors (Lipinski definition) is 8. The Bertz CT molecular complexity index is 1250. The van der Waals surface area contributed by atoms with Gasteiger partial charge < -0.3 is 10.2 Å². The second-order valence-electron chi connectivity index (χ2n) is 7.46. The maximum absolute atomic E-state index is 14.2. The van der Waals surface area contributed by atoms with Crippen molar-refractivity contribution in [3.8, 4) is 0 Å². The highest BCUT2D eigenvalue weighted by molar-refractivity contribution is 7.25. The summed E-state index contributed by atoms with van der Waals surface area (Å²) >= 11 is 7.37. The Balaban J connectivity index is 1.37. The van der Waals surface area contributed by atoms with Crippen LogP contribution in [0.2, 0.25) is 5.02 Å². The number of aromatic nitrogens is 5. The monoisotopic (exact) mass is 443 g/mol. The molecule has 1 aliphatic heterocycles. The third-order valence-corrected chi connectivity index (χ3v) is 6.86. The van der Waals surface area contributed by atoms with Crippen molar-refractivity contribution in [2.45, 2.75) is 32.7 Å². The van der Waals surface area contributed by atoms with Crippen LogP contribution in [0.4, 0.5) is 16.0 Å². The summed E-state index contributed by atoms with van der Waals surface area (Å²) in [4.78, 5) is 16.0. The van der Waals surface area contributed by atoms with Crippen LogP contribution in [0.5, 0.6) is 0 Å². The van der Waals surface area contributed by atoms with E-state index in [9.17, 15) is 4.39 Å². The zero-order valence-electron chi connectivity index (χ0n) is 16.5. The van der Waals surface area contributed by atoms with Crippen LogP contribution in [-0.2, 0) is 0 Å². The van der Waals surface area contributed by atoms with Crippen molar-refractivity contribution in [3.63, 3.8) is 0 Å². The van der Waals surface area contributed by atoms with Gasteiger partial charge in [0.25, 0.3) is 0 Å². The van der Waals surface area contributed by atoms with Crippen LogP contribution >= 0.6 is 22.9 Å². The Morgan fingerprint density at radius 3 is 2.73 bits per heavy atom. The van der Waals surface area contributed by atoms with E-state index in [-0.39, 0.29) is 11.9 Å². The van der Waals surface area contributed by atoms with Gasteiger partial charge in [-0.2, -0.15) is 5.10 Å². The van der Waals surface area contributed by atoms with Gasteiger partial charge in [0.2, 0.25) is 0 Å². The fourth-order valence-electron chi connectivity index (χ4n) is 3.85. The van der Waals surface area contributed by atoms with Gasteiger partial charge in [-0.25, -0.2) is 19.3 Å². The summed E-state index contributed by atoms with van der Waals surface area (Å²) in [6, 6.07) is 1.54. The van der Waals surface area contributed by atoms with Gasteiger partial charge in [-0.15, -0.1) is 16.4 Å². The van der Waals surface area contributed by atoms with Crippen LogP contribution in [-0.4, -0.2) is 44.3 Å². The molecule has 0 spiro atoms. The van der Waals surface area contributed by atoms with E-state index in [1.807, 2.05) is 18.7 Å². The lowest BCUT2D eigenvalue weighted by Crippen LogP contribution is -2.40. The van der Waals surface area contributed by atoms with E-state index in [0.29, 0.717) is 23.9 Å². The summed E-state index contributed by atoms with van der Waals surface area (Å²) in [5.74, 6) is 0.786. The van der Waals surface area contributed by atoms with Crippen molar-refractivity contribution < 1.29 is 4.39 Å². The molecule has 7 nitrogen and oxygen atoms in total. The highest BCUT2D eigenvalue weighted by Crippen LogP contribution is 2.37. The molecule has 0 bridgehead atoms. The zero-order valence-corrected chi connectivity index (χ0v) is 18.1. The van der Waals surface area contributed by atoms with Crippen LogP contribution in [0.15, 0.2) is 18.6 Å². The lowest BCUT2D eigenvalue weighted by atomic mass is 10.0. The molecule has 0 aliphatic carbocycles. The molecule has 0 aromatic carbocycles. The van der Waals surface area contributed by atoms with E-state index in [2.05, 4.69) is 30.5 Å². The summed E-state index contributed by atoms with van der Waals surface area (Å²) in [5.41, 5.74) is 2.92. The van der Waals surface area contributed by atoms with E-state index in [4.69, 9.17) is 11.6 Å². The minimum Gasteiger partial charge on any atom is -0.366 e. The quantitative estimate of drug-likeness (QED) is 0.498. The van der Waals surface area contributed by atoms with E-state index in [1.54, 1.807) is 17.7 Å². The molecular weight excluding hydrogens is 425 g/mol. The summed E-state index contributed by atoms with van der Waals surface area (Å²) in [7, 11) is 0. The van der Waals surface area contributed by atoms with Crippen LogP contribution in [0, 0.1) is 19.7 Å². The average Bonchev–Trinajstić information content (AvgIpc) is 3.12. The van der Waals surface area contributed by atoms with Crippen molar-refractivity contribution in [2.75, 3.05) is 23.3 Å². The van der Waals surface area contributed by atoms with Crippen molar-refractivity contribution >= 4 is 55.0 Å². The van der Waals surface area contributed by atoms with Crippen molar-refractivity contribution in [1.29, 1.82) is 0 Å². The summed E-state index contributed by atoms with van der Waals surface area (Å²) in [6.07, 6.45) is 4.76. The van der Waals surface area contributed by atoms with Crippen LogP contribution in [0.1, 0.15) is 24.1 Å². The summed E-state index contributed by atoms with van der Waals surface area (Å²) in [6.45, 7) is 5.41. The van der Waals surface area contributed by atoms with Crippen molar-refractivity contribution in [1.82, 2.24) is 25.1 Å². The molecule has 1 fully saturated rings. The van der Waals surface area contributed by atoms with Gasteiger partial charge in [0.15, 0.2) is 11.6 Å². The number of rotatable bonds is 3. The lowest BCUT2D eigenvalue weighted by molar-refractivity contribution is 0.511. The van der Waals surface area contributed by atoms with Crippen LogP contribution in [0.3, 0.4) is 0 Å². The molecule has 4 aromatic rings. The minimum atomic E-state index is -0.386. The second-order valence-corrected chi connectivity index (χ2v) is 8.89. The third kappa shape index (κ3) is 3.31. The van der Waals surface area contributed by atoms with E-state index in [0.717, 1.165) is 50.4 Å². The first-order chi connectivity index (χ1) is 14.5. The third-order valence-electron chi connectivity index (χ3n) is 5.59. The molecule has 5 rings (SSSR count). The molecule has 1 N–H and O–H groups in total. The standard InChI is InChI=1S/C20H19ClFN7S/c1-10-11(2)27-28-20-15(10)16-17(30-20)18(25-9-24-16)26-13-3-5-29(6-4-13)19-14(22)7-12(21)8-23-19/h7-9,13H,3-6H2,1-2H3,(H,24,25,26). The number of halogens is 2. The maximum atomic E-state index is 14.2. The number of nitrogens with one attached hydrogen (secondary N) is 1. The fourth-order valence-corrected chi connectivity index (χ4v) is 5.09. The van der Waals surface area contributed by atoms with E-state index < -0.39 is 0 Å². The SMILES string of the molecule is Cc1nnc2sc3c(NC4CCN(c5ncc(Cl)cc5F)CC4)ncnc3c2c1C. The molecule has 10 heteroatoms. The fraction of sp³-hybridized carbons (Fsp3) is 0.350. The normalized spacial score (nSPS) is 15.3. The Kier molecular flexibility index (Phi) is 4.86. The predicted octanol–water partition coefficient (Wildman–Crippen LogP) is 4.52. The maximum Gasteiger partial charge on any atom is 0.167 e. The largest absolute Gasteiger partial charge is 0.366 e. The van der Waals surface area contributed by atoms with Gasteiger partial charge in [-0.3, -0.25) is 0 Å². The van der Waals surface area contributed by atoms with E-state index in [1.165, 1.54) is 12.3 Å². The number of thiophene rings is 1. The van der Waals surface area contributed by atoms with Crippen molar-refractivity contribution in [2.24, 2.45) is 0 Å². The molecule has 1 saturated heterocycles. The molecule has 0 unspecified atom stereocenters. The average molecular weight is 444 g/mol. The first-order valence-corrected chi connectivity index (χ1v) is 10.9. The Morgan fingerprint density at radius 1 is 1.17 bits per heavy atom. The van der Waals surface area contributed by atoms with E-state index >= 15 is 0 Å². The molecule has 0 radical (unpaired) electrons. The van der Waals surface area contributed by atoms with Crippen LogP contribution < -0.4 is 10.2 Å². The molecule has 4 aromatic heterocycles. The number of hydrogen-bond donors (Lipinski definition) is 1. The number of nitrogens with zero attached hydrogens (tertiary/aromatic N) is 6. The molecule has 0 amide bonds. The number of aryl methyl sites for hydroxylation is 2. The minimum absolute atomic E-state index is 0.230.